The van der Waals surface area contributed by atoms with Crippen LogP contribution in [-0.4, -0.2) is 20.2 Å². The zero-order valence-corrected chi connectivity index (χ0v) is 9.84. The first-order chi connectivity index (χ1) is 7.22. The van der Waals surface area contributed by atoms with Gasteiger partial charge in [-0.15, -0.1) is 0 Å². The van der Waals surface area contributed by atoms with Gasteiger partial charge in [0.2, 0.25) is 0 Å². The first kappa shape index (κ1) is 10.3. The molecule has 1 heterocycles. The lowest BCUT2D eigenvalue weighted by Crippen LogP contribution is -2.18. The quantitative estimate of drug-likeness (QED) is 0.736. The summed E-state index contributed by atoms with van der Waals surface area (Å²) in [6.07, 6.45) is 2.65. The zero-order chi connectivity index (χ0) is 10.8. The van der Waals surface area contributed by atoms with E-state index < -0.39 is 0 Å². The monoisotopic (exact) mass is 205 g/mol. The molecule has 2 nitrogen and oxygen atoms in total. The van der Waals surface area contributed by atoms with E-state index in [2.05, 4.69) is 30.9 Å². The topological polar surface area (TPSA) is 12.5 Å². The van der Waals surface area contributed by atoms with Crippen LogP contribution < -0.4 is 9.64 Å². The predicted molar refractivity (Wildman–Crippen MR) is 63.9 cm³/mol. The van der Waals surface area contributed by atoms with Crippen molar-refractivity contribution in [3.8, 4) is 5.75 Å². The summed E-state index contributed by atoms with van der Waals surface area (Å²) in [7, 11) is 1.73. The number of aryl methyl sites for hydroxylation is 2. The van der Waals surface area contributed by atoms with Crippen LogP contribution in [0.4, 0.5) is 5.69 Å². The second-order valence-electron chi connectivity index (χ2n) is 4.30. The largest absolute Gasteiger partial charge is 0.496 e. The molecule has 0 bridgehead atoms. The third kappa shape index (κ3) is 1.94. The van der Waals surface area contributed by atoms with Crippen LogP contribution in [0.25, 0.3) is 0 Å². The van der Waals surface area contributed by atoms with Crippen LogP contribution in [0, 0.1) is 13.8 Å². The standard InChI is InChI=1S/C13H19NO/c1-10-9-13(15-3)11(2)8-12(10)14-6-4-5-7-14/h8-9H,4-7H2,1-3H3. The number of nitrogens with zero attached hydrogens (tertiary/aromatic N) is 1. The van der Waals surface area contributed by atoms with Crippen LogP contribution in [0.15, 0.2) is 12.1 Å². The second-order valence-corrected chi connectivity index (χ2v) is 4.30. The van der Waals surface area contributed by atoms with Gasteiger partial charge in [0.05, 0.1) is 7.11 Å². The van der Waals surface area contributed by atoms with E-state index in [1.54, 1.807) is 7.11 Å². The Hall–Kier alpha value is -1.18. The molecule has 2 heteroatoms. The van der Waals surface area contributed by atoms with Crippen molar-refractivity contribution in [2.24, 2.45) is 0 Å². The van der Waals surface area contributed by atoms with Crippen molar-refractivity contribution in [2.45, 2.75) is 26.7 Å². The summed E-state index contributed by atoms with van der Waals surface area (Å²) in [5.41, 5.74) is 3.93. The molecule has 0 saturated carbocycles. The highest BCUT2D eigenvalue weighted by atomic mass is 16.5. The van der Waals surface area contributed by atoms with Crippen LogP contribution in [0.5, 0.6) is 5.75 Å². The Balaban J connectivity index is 2.35. The van der Waals surface area contributed by atoms with Crippen LogP contribution in [0.1, 0.15) is 24.0 Å². The fraction of sp³-hybridized carbons (Fsp3) is 0.538. The van der Waals surface area contributed by atoms with Crippen LogP contribution >= 0.6 is 0 Å². The average Bonchev–Trinajstić information content (AvgIpc) is 2.74. The molecule has 0 atom stereocenters. The molecule has 2 rings (SSSR count). The van der Waals surface area contributed by atoms with Gasteiger partial charge < -0.3 is 9.64 Å². The molecule has 1 aliphatic heterocycles. The van der Waals surface area contributed by atoms with E-state index in [1.165, 1.54) is 42.7 Å². The Bertz CT molecular complexity index is 354. The molecular weight excluding hydrogens is 186 g/mol. The van der Waals surface area contributed by atoms with Gasteiger partial charge in [-0.25, -0.2) is 0 Å². The molecule has 0 N–H and O–H groups in total. The second kappa shape index (κ2) is 4.13. The maximum atomic E-state index is 5.32. The van der Waals surface area contributed by atoms with Crippen LogP contribution in [0.2, 0.25) is 0 Å². The SMILES string of the molecule is COc1cc(C)c(N2CCCC2)cc1C. The third-order valence-electron chi connectivity index (χ3n) is 3.16. The molecule has 1 aliphatic rings. The minimum absolute atomic E-state index is 0.996. The molecule has 0 amide bonds. The van der Waals surface area contributed by atoms with Crippen molar-refractivity contribution in [1.82, 2.24) is 0 Å². The molecule has 1 fully saturated rings. The number of methoxy groups -OCH3 is 1. The average molecular weight is 205 g/mol. The van der Waals surface area contributed by atoms with Gasteiger partial charge in [-0.05, 0) is 49.9 Å². The maximum Gasteiger partial charge on any atom is 0.122 e. The fourth-order valence-electron chi connectivity index (χ4n) is 2.29. The van der Waals surface area contributed by atoms with Gasteiger partial charge in [0.1, 0.15) is 5.75 Å². The highest BCUT2D eigenvalue weighted by molar-refractivity contribution is 5.59. The molecule has 0 aromatic heterocycles. The maximum absolute atomic E-state index is 5.32. The molecule has 0 radical (unpaired) electrons. The van der Waals surface area contributed by atoms with E-state index >= 15 is 0 Å². The summed E-state index contributed by atoms with van der Waals surface area (Å²) in [5.74, 6) is 0.996. The number of anilines is 1. The number of hydrogen-bond donors (Lipinski definition) is 0. The summed E-state index contributed by atoms with van der Waals surface area (Å²) in [4.78, 5) is 2.47. The molecule has 1 saturated heterocycles. The lowest BCUT2D eigenvalue weighted by Gasteiger charge is -2.21. The summed E-state index contributed by atoms with van der Waals surface area (Å²) in [5, 5.41) is 0. The van der Waals surface area contributed by atoms with Crippen LogP contribution in [0.3, 0.4) is 0 Å². The summed E-state index contributed by atoms with van der Waals surface area (Å²) < 4.78 is 5.32. The van der Waals surface area contributed by atoms with E-state index in [0.717, 1.165) is 5.75 Å². The zero-order valence-electron chi connectivity index (χ0n) is 9.84. The van der Waals surface area contributed by atoms with E-state index in [-0.39, 0.29) is 0 Å². The first-order valence-corrected chi connectivity index (χ1v) is 5.62. The van der Waals surface area contributed by atoms with E-state index in [1.807, 2.05) is 0 Å². The smallest absolute Gasteiger partial charge is 0.122 e. The number of benzene rings is 1. The van der Waals surface area contributed by atoms with Crippen LogP contribution in [-0.2, 0) is 0 Å². The van der Waals surface area contributed by atoms with E-state index in [9.17, 15) is 0 Å². The van der Waals surface area contributed by atoms with Gasteiger partial charge in [-0.2, -0.15) is 0 Å². The van der Waals surface area contributed by atoms with Gasteiger partial charge in [0.25, 0.3) is 0 Å². The van der Waals surface area contributed by atoms with E-state index in [0.29, 0.717) is 0 Å². The van der Waals surface area contributed by atoms with Crippen molar-refractivity contribution in [3.63, 3.8) is 0 Å². The van der Waals surface area contributed by atoms with Gasteiger partial charge >= 0.3 is 0 Å². The fourth-order valence-corrected chi connectivity index (χ4v) is 2.29. The molecular formula is C13H19NO. The highest BCUT2D eigenvalue weighted by Crippen LogP contribution is 2.30. The van der Waals surface area contributed by atoms with Crippen molar-refractivity contribution in [1.29, 1.82) is 0 Å². The Labute approximate surface area is 91.9 Å². The number of rotatable bonds is 2. The van der Waals surface area contributed by atoms with E-state index in [4.69, 9.17) is 4.74 Å². The Morgan fingerprint density at radius 1 is 1.07 bits per heavy atom. The lowest BCUT2D eigenvalue weighted by atomic mass is 10.1. The Morgan fingerprint density at radius 2 is 1.73 bits per heavy atom. The molecule has 1 aromatic rings. The Kier molecular flexibility index (Phi) is 2.85. The first-order valence-electron chi connectivity index (χ1n) is 5.62. The van der Waals surface area contributed by atoms with Crippen molar-refractivity contribution >= 4 is 5.69 Å². The highest BCUT2D eigenvalue weighted by Gasteiger charge is 2.15. The Morgan fingerprint density at radius 3 is 2.33 bits per heavy atom. The number of ether oxygens (including phenoxy) is 1. The normalized spacial score (nSPS) is 15.8. The molecule has 0 aliphatic carbocycles. The number of hydrogen-bond acceptors (Lipinski definition) is 2. The van der Waals surface area contributed by atoms with Crippen molar-refractivity contribution in [3.05, 3.63) is 23.3 Å². The summed E-state index contributed by atoms with van der Waals surface area (Å²) in [6.45, 7) is 6.67. The molecule has 0 spiro atoms. The minimum atomic E-state index is 0.996. The third-order valence-corrected chi connectivity index (χ3v) is 3.16. The van der Waals surface area contributed by atoms with Gasteiger partial charge in [-0.1, -0.05) is 0 Å². The summed E-state index contributed by atoms with van der Waals surface area (Å²) in [6, 6.07) is 4.39. The summed E-state index contributed by atoms with van der Waals surface area (Å²) >= 11 is 0. The predicted octanol–water partition coefficient (Wildman–Crippen LogP) is 2.91. The minimum Gasteiger partial charge on any atom is -0.496 e. The van der Waals surface area contributed by atoms with Gasteiger partial charge in [-0.3, -0.25) is 0 Å². The molecule has 15 heavy (non-hydrogen) atoms. The lowest BCUT2D eigenvalue weighted by molar-refractivity contribution is 0.411. The van der Waals surface area contributed by atoms with Gasteiger partial charge in [0.15, 0.2) is 0 Å². The molecule has 82 valence electrons. The molecule has 0 unspecified atom stereocenters. The van der Waals surface area contributed by atoms with Gasteiger partial charge in [0, 0.05) is 18.8 Å². The van der Waals surface area contributed by atoms with Crippen molar-refractivity contribution < 1.29 is 4.74 Å². The molecule has 1 aromatic carbocycles. The van der Waals surface area contributed by atoms with Crippen molar-refractivity contribution in [2.75, 3.05) is 25.1 Å².